The van der Waals surface area contributed by atoms with Crippen molar-refractivity contribution < 1.29 is 9.59 Å². The maximum atomic E-state index is 11.7. The molecule has 0 spiro atoms. The molecule has 2 aliphatic rings. The lowest BCUT2D eigenvalue weighted by molar-refractivity contribution is -0.116. The van der Waals surface area contributed by atoms with E-state index in [4.69, 9.17) is 0 Å². The molecule has 2 fully saturated rings. The fraction of sp³-hybridized carbons (Fsp3) is 0.667. The summed E-state index contributed by atoms with van der Waals surface area (Å²) < 4.78 is 0. The number of unbranched alkanes of at least 4 members (excludes halogenated alkanes) is 1. The van der Waals surface area contributed by atoms with E-state index >= 15 is 0 Å². The predicted molar refractivity (Wildman–Crippen MR) is 82.5 cm³/mol. The molecule has 2 saturated heterocycles. The maximum absolute atomic E-state index is 11.7. The van der Waals surface area contributed by atoms with Crippen molar-refractivity contribution in [3.8, 4) is 0 Å². The van der Waals surface area contributed by atoms with Crippen molar-refractivity contribution in [2.24, 2.45) is 0 Å². The molecule has 0 unspecified atom stereocenters. The van der Waals surface area contributed by atoms with Crippen molar-refractivity contribution in [3.63, 3.8) is 0 Å². The quantitative estimate of drug-likeness (QED) is 0.539. The Hall–Kier alpha value is -1.35. The summed E-state index contributed by atoms with van der Waals surface area (Å²) in [5, 5.41) is 17.1. The smallest absolute Gasteiger partial charge is 0.315 e. The number of carbonyl (C=O) groups excluding carboxylic acids is 2. The van der Waals surface area contributed by atoms with Crippen LogP contribution < -0.4 is 16.0 Å². The van der Waals surface area contributed by atoms with Gasteiger partial charge in [-0.15, -0.1) is 10.2 Å². The molecule has 3 N–H and O–H groups in total. The minimum absolute atomic E-state index is 0.0143. The van der Waals surface area contributed by atoms with Gasteiger partial charge in [0, 0.05) is 17.4 Å². The molecular formula is C12H17N5O2S2. The van der Waals surface area contributed by atoms with Crippen molar-refractivity contribution in [3.05, 3.63) is 5.51 Å². The van der Waals surface area contributed by atoms with Gasteiger partial charge in [0.1, 0.15) is 5.51 Å². The number of urea groups is 1. The summed E-state index contributed by atoms with van der Waals surface area (Å²) in [5.41, 5.74) is 1.59. The summed E-state index contributed by atoms with van der Waals surface area (Å²) >= 11 is 3.22. The minimum atomic E-state index is -0.0493. The average molecular weight is 327 g/mol. The molecule has 0 aliphatic carbocycles. The van der Waals surface area contributed by atoms with Crippen LogP contribution in [0.5, 0.6) is 0 Å². The first-order valence-electron chi connectivity index (χ1n) is 6.97. The summed E-state index contributed by atoms with van der Waals surface area (Å²) in [7, 11) is 0. The van der Waals surface area contributed by atoms with E-state index < -0.39 is 0 Å². The second-order valence-corrected chi connectivity index (χ2v) is 7.27. The highest BCUT2D eigenvalue weighted by atomic mass is 32.2. The van der Waals surface area contributed by atoms with Crippen LogP contribution in [0.15, 0.2) is 5.51 Å². The van der Waals surface area contributed by atoms with Gasteiger partial charge in [0.2, 0.25) is 11.0 Å². The number of anilines is 1. The Morgan fingerprint density at radius 2 is 2.33 bits per heavy atom. The van der Waals surface area contributed by atoms with Crippen molar-refractivity contribution in [2.75, 3.05) is 11.1 Å². The molecular weight excluding hydrogens is 310 g/mol. The van der Waals surface area contributed by atoms with Crippen molar-refractivity contribution in [1.82, 2.24) is 20.8 Å². The largest absolute Gasteiger partial charge is 0.332 e. The lowest BCUT2D eigenvalue weighted by atomic mass is 10.0. The second kappa shape index (κ2) is 6.61. The molecule has 1 aromatic rings. The minimum Gasteiger partial charge on any atom is -0.332 e. The molecule has 3 heterocycles. The molecule has 2 aliphatic heterocycles. The van der Waals surface area contributed by atoms with Crippen LogP contribution in [0, 0.1) is 0 Å². The number of amides is 3. The standard InChI is InChI=1S/C12H17N5O2S2/c18-9(15-12-17-13-6-21-12)4-2-1-3-8-10-7(5-20-8)14-11(19)16-10/h6-8,10H,1-5H2,(H2,14,16,19)(H,15,17,18)/t7-,8-,10-/m0/s1. The zero-order valence-electron chi connectivity index (χ0n) is 11.4. The number of thioether (sulfide) groups is 1. The van der Waals surface area contributed by atoms with Crippen LogP contribution >= 0.6 is 23.1 Å². The Bertz CT molecular complexity index is 510. The SMILES string of the molecule is O=C(CCCC[C@@H]1SC[C@@H]2NC(=O)N[C@@H]21)Nc1nncs1. The van der Waals surface area contributed by atoms with Crippen LogP contribution in [0.2, 0.25) is 0 Å². The van der Waals surface area contributed by atoms with Gasteiger partial charge in [0.05, 0.1) is 12.1 Å². The molecule has 0 saturated carbocycles. The normalized spacial score (nSPS) is 27.0. The second-order valence-electron chi connectivity index (χ2n) is 5.16. The third kappa shape index (κ3) is 3.65. The van der Waals surface area contributed by atoms with Gasteiger partial charge in [0.15, 0.2) is 0 Å². The number of hydrogen-bond acceptors (Lipinski definition) is 6. The van der Waals surface area contributed by atoms with Crippen LogP contribution in [0.3, 0.4) is 0 Å². The number of carbonyl (C=O) groups is 2. The van der Waals surface area contributed by atoms with E-state index in [1.165, 1.54) is 11.3 Å². The Labute approximate surface area is 130 Å². The first-order valence-corrected chi connectivity index (χ1v) is 8.90. The molecule has 0 aromatic carbocycles. The first kappa shape index (κ1) is 14.6. The third-order valence-corrected chi connectivity index (χ3v) is 5.80. The van der Waals surface area contributed by atoms with Crippen molar-refractivity contribution >= 4 is 40.2 Å². The monoisotopic (exact) mass is 327 g/mol. The molecule has 1 aromatic heterocycles. The molecule has 3 rings (SSSR count). The van der Waals surface area contributed by atoms with E-state index in [9.17, 15) is 9.59 Å². The van der Waals surface area contributed by atoms with Crippen LogP contribution in [0.4, 0.5) is 9.93 Å². The van der Waals surface area contributed by atoms with Gasteiger partial charge < -0.3 is 16.0 Å². The van der Waals surface area contributed by atoms with Crippen LogP contribution in [0.1, 0.15) is 25.7 Å². The highest BCUT2D eigenvalue weighted by Crippen LogP contribution is 2.33. The molecule has 21 heavy (non-hydrogen) atoms. The highest BCUT2D eigenvalue weighted by molar-refractivity contribution is 8.00. The molecule has 114 valence electrons. The lowest BCUT2D eigenvalue weighted by Crippen LogP contribution is -2.36. The van der Waals surface area contributed by atoms with Gasteiger partial charge in [-0.05, 0) is 12.8 Å². The first-order chi connectivity index (χ1) is 10.2. The van der Waals surface area contributed by atoms with Crippen LogP contribution in [-0.2, 0) is 4.79 Å². The van der Waals surface area contributed by atoms with E-state index in [0.29, 0.717) is 16.8 Å². The number of fused-ring (bicyclic) bond motifs is 1. The summed E-state index contributed by atoms with van der Waals surface area (Å²) in [6.45, 7) is 0. The van der Waals surface area contributed by atoms with Gasteiger partial charge in [-0.25, -0.2) is 4.79 Å². The Morgan fingerprint density at radius 1 is 1.43 bits per heavy atom. The molecule has 0 bridgehead atoms. The molecule has 9 heteroatoms. The molecule has 0 radical (unpaired) electrons. The number of nitrogens with zero attached hydrogens (tertiary/aromatic N) is 2. The maximum Gasteiger partial charge on any atom is 0.315 e. The average Bonchev–Trinajstić information content (AvgIpc) is 3.13. The van der Waals surface area contributed by atoms with E-state index in [2.05, 4.69) is 26.1 Å². The topological polar surface area (TPSA) is 96.0 Å². The molecule has 7 nitrogen and oxygen atoms in total. The molecule has 3 amide bonds. The Balaban J connectivity index is 1.33. The number of nitrogens with one attached hydrogen (secondary N) is 3. The number of rotatable bonds is 6. The van der Waals surface area contributed by atoms with E-state index in [1.807, 2.05) is 11.8 Å². The van der Waals surface area contributed by atoms with Crippen molar-refractivity contribution in [2.45, 2.75) is 43.0 Å². The van der Waals surface area contributed by atoms with Gasteiger partial charge in [0.25, 0.3) is 0 Å². The zero-order chi connectivity index (χ0) is 14.7. The lowest BCUT2D eigenvalue weighted by Gasteiger charge is -2.16. The third-order valence-electron chi connectivity index (χ3n) is 3.69. The van der Waals surface area contributed by atoms with Crippen molar-refractivity contribution in [1.29, 1.82) is 0 Å². The van der Waals surface area contributed by atoms with E-state index in [-0.39, 0.29) is 24.0 Å². The summed E-state index contributed by atoms with van der Waals surface area (Å²) in [5.74, 6) is 0.963. The van der Waals surface area contributed by atoms with E-state index in [0.717, 1.165) is 25.0 Å². The summed E-state index contributed by atoms with van der Waals surface area (Å²) in [6, 6.07) is 0.470. The van der Waals surface area contributed by atoms with Gasteiger partial charge in [-0.3, -0.25) is 4.79 Å². The van der Waals surface area contributed by atoms with Gasteiger partial charge >= 0.3 is 6.03 Å². The fourth-order valence-electron chi connectivity index (χ4n) is 2.68. The zero-order valence-corrected chi connectivity index (χ0v) is 13.0. The van der Waals surface area contributed by atoms with Crippen LogP contribution in [-0.4, -0.2) is 45.2 Å². The van der Waals surface area contributed by atoms with Gasteiger partial charge in [-0.2, -0.15) is 11.8 Å². The number of hydrogen-bond donors (Lipinski definition) is 3. The fourth-order valence-corrected chi connectivity index (χ4v) is 4.69. The van der Waals surface area contributed by atoms with Gasteiger partial charge in [-0.1, -0.05) is 17.8 Å². The van der Waals surface area contributed by atoms with E-state index in [1.54, 1.807) is 5.51 Å². The number of aromatic nitrogens is 2. The van der Waals surface area contributed by atoms with Crippen LogP contribution in [0.25, 0.3) is 0 Å². The Kier molecular flexibility index (Phi) is 4.59. The predicted octanol–water partition coefficient (Wildman–Crippen LogP) is 1.20. The highest BCUT2D eigenvalue weighted by Gasteiger charge is 2.42. The Morgan fingerprint density at radius 3 is 3.14 bits per heavy atom. The molecule has 3 atom stereocenters. The summed E-state index contributed by atoms with van der Waals surface area (Å²) in [4.78, 5) is 23.0. The summed E-state index contributed by atoms with van der Waals surface area (Å²) in [6.07, 6.45) is 3.36.